The summed E-state index contributed by atoms with van der Waals surface area (Å²) in [5.74, 6) is 1.98. The van der Waals surface area contributed by atoms with E-state index in [9.17, 15) is 4.79 Å². The number of hydrogen-bond acceptors (Lipinski definition) is 5. The van der Waals surface area contributed by atoms with E-state index in [0.29, 0.717) is 28.8 Å². The second-order valence-corrected chi connectivity index (χ2v) is 7.98. The van der Waals surface area contributed by atoms with Gasteiger partial charge >= 0.3 is 0 Å². The molecule has 1 aliphatic carbocycles. The van der Waals surface area contributed by atoms with Gasteiger partial charge in [-0.3, -0.25) is 4.79 Å². The number of benzene rings is 1. The summed E-state index contributed by atoms with van der Waals surface area (Å²) < 4.78 is 5.75. The van der Waals surface area contributed by atoms with Gasteiger partial charge in [-0.25, -0.2) is 9.97 Å². The first-order chi connectivity index (χ1) is 13.1. The molecule has 27 heavy (non-hydrogen) atoms. The van der Waals surface area contributed by atoms with Gasteiger partial charge in [0, 0.05) is 11.3 Å². The predicted octanol–water partition coefficient (Wildman–Crippen LogP) is 5.23. The van der Waals surface area contributed by atoms with Gasteiger partial charge in [0.15, 0.2) is 0 Å². The molecule has 6 heteroatoms. The number of fused-ring (bicyclic) bond motifs is 1. The molecule has 0 atom stereocenters. The molecule has 0 unspecified atom stereocenters. The molecule has 1 aliphatic rings. The molecule has 3 aromatic rings. The largest absolute Gasteiger partial charge is 0.491 e. The highest BCUT2D eigenvalue weighted by atomic mass is 32.1. The molecule has 1 amide bonds. The zero-order chi connectivity index (χ0) is 19.0. The molecule has 4 rings (SSSR count). The maximum absolute atomic E-state index is 13.0. The van der Waals surface area contributed by atoms with E-state index in [-0.39, 0.29) is 5.91 Å². The summed E-state index contributed by atoms with van der Waals surface area (Å²) in [6.07, 6.45) is 3.24. The second-order valence-electron chi connectivity index (χ2n) is 6.98. The van der Waals surface area contributed by atoms with Gasteiger partial charge in [-0.05, 0) is 50.8 Å². The smallest absolute Gasteiger partial charge is 0.266 e. The average molecular weight is 382 g/mol. The summed E-state index contributed by atoms with van der Waals surface area (Å²) in [5.41, 5.74) is 2.59. The number of hydrogen-bond donors (Lipinski definition) is 1. The summed E-state index contributed by atoms with van der Waals surface area (Å²) in [4.78, 5) is 24.0. The summed E-state index contributed by atoms with van der Waals surface area (Å²) >= 11 is 1.44. The molecule has 1 aromatic carbocycles. The van der Waals surface area contributed by atoms with Crippen LogP contribution in [0.3, 0.4) is 0 Å². The van der Waals surface area contributed by atoms with Crippen LogP contribution in [0.25, 0.3) is 10.2 Å². The Hall–Kier alpha value is -2.47. The van der Waals surface area contributed by atoms with E-state index in [1.807, 2.05) is 38.1 Å². The number of nitrogens with zero attached hydrogens (tertiary/aromatic N) is 2. The number of ether oxygens (including phenoxy) is 1. The van der Waals surface area contributed by atoms with Gasteiger partial charge in [0.1, 0.15) is 16.4 Å². The van der Waals surface area contributed by atoms with Crippen molar-refractivity contribution in [3.05, 3.63) is 46.2 Å². The highest BCUT2D eigenvalue weighted by Crippen LogP contribution is 2.40. The predicted molar refractivity (Wildman–Crippen MR) is 109 cm³/mol. The number of para-hydroxylation sites is 2. The zero-order valence-corrected chi connectivity index (χ0v) is 16.7. The molecule has 1 N–H and O–H groups in total. The third-order valence-electron chi connectivity index (χ3n) is 4.73. The van der Waals surface area contributed by atoms with Crippen molar-refractivity contribution in [2.45, 2.75) is 46.0 Å². The van der Waals surface area contributed by atoms with Gasteiger partial charge < -0.3 is 10.1 Å². The van der Waals surface area contributed by atoms with Crippen molar-refractivity contribution < 1.29 is 9.53 Å². The van der Waals surface area contributed by atoms with Crippen molar-refractivity contribution in [3.8, 4) is 5.75 Å². The van der Waals surface area contributed by atoms with E-state index in [0.717, 1.165) is 46.6 Å². The van der Waals surface area contributed by atoms with Crippen LogP contribution in [0, 0.1) is 13.8 Å². The average Bonchev–Trinajstić information content (AvgIpc) is 3.45. The quantitative estimate of drug-likeness (QED) is 0.635. The Morgan fingerprint density at radius 2 is 2.04 bits per heavy atom. The maximum atomic E-state index is 13.0. The molecule has 140 valence electrons. The Balaban J connectivity index is 1.65. The van der Waals surface area contributed by atoms with Crippen molar-refractivity contribution >= 4 is 33.1 Å². The van der Waals surface area contributed by atoms with Crippen LogP contribution in [0.4, 0.5) is 5.69 Å². The van der Waals surface area contributed by atoms with Crippen LogP contribution in [-0.2, 0) is 0 Å². The van der Waals surface area contributed by atoms with E-state index < -0.39 is 0 Å². The summed E-state index contributed by atoms with van der Waals surface area (Å²) in [6.45, 7) is 6.65. The molecule has 2 heterocycles. The SMILES string of the molecule is CCCOc1ccccc1NC(=O)c1sc2nc(C3CC3)nc(C)c2c1C. The number of thiophene rings is 1. The van der Waals surface area contributed by atoms with Gasteiger partial charge in [0.25, 0.3) is 5.91 Å². The van der Waals surface area contributed by atoms with Crippen molar-refractivity contribution in [1.29, 1.82) is 0 Å². The number of nitrogens with one attached hydrogen (secondary N) is 1. The first kappa shape index (κ1) is 17.9. The Morgan fingerprint density at radius 3 is 2.78 bits per heavy atom. The van der Waals surface area contributed by atoms with Gasteiger partial charge in [-0.1, -0.05) is 19.1 Å². The number of aromatic nitrogens is 2. The Bertz CT molecular complexity index is 1010. The highest BCUT2D eigenvalue weighted by molar-refractivity contribution is 7.20. The lowest BCUT2D eigenvalue weighted by Gasteiger charge is -2.11. The van der Waals surface area contributed by atoms with Crippen LogP contribution in [0.5, 0.6) is 5.75 Å². The summed E-state index contributed by atoms with van der Waals surface area (Å²) in [5, 5.41) is 4.01. The van der Waals surface area contributed by atoms with Gasteiger partial charge in [0.2, 0.25) is 0 Å². The minimum atomic E-state index is -0.129. The van der Waals surface area contributed by atoms with Crippen LogP contribution < -0.4 is 10.1 Å². The summed E-state index contributed by atoms with van der Waals surface area (Å²) in [6, 6.07) is 7.54. The number of carbonyl (C=O) groups excluding carboxylic acids is 1. The summed E-state index contributed by atoms with van der Waals surface area (Å²) in [7, 11) is 0. The second kappa shape index (κ2) is 7.27. The van der Waals surface area contributed by atoms with Crippen LogP contribution in [0.15, 0.2) is 24.3 Å². The van der Waals surface area contributed by atoms with Crippen LogP contribution >= 0.6 is 11.3 Å². The van der Waals surface area contributed by atoms with Crippen LogP contribution in [0.2, 0.25) is 0 Å². The molecule has 1 fully saturated rings. The Kier molecular flexibility index (Phi) is 4.83. The molecular weight excluding hydrogens is 358 g/mol. The molecule has 0 aliphatic heterocycles. The lowest BCUT2D eigenvalue weighted by Crippen LogP contribution is -2.12. The van der Waals surface area contributed by atoms with E-state index in [2.05, 4.69) is 17.2 Å². The Morgan fingerprint density at radius 1 is 1.26 bits per heavy atom. The molecular formula is C21H23N3O2S. The molecule has 5 nitrogen and oxygen atoms in total. The van der Waals surface area contributed by atoms with E-state index >= 15 is 0 Å². The van der Waals surface area contributed by atoms with Crippen LogP contribution in [0.1, 0.15) is 58.9 Å². The van der Waals surface area contributed by atoms with Gasteiger partial charge in [0.05, 0.1) is 22.9 Å². The Labute approximate surface area is 162 Å². The molecule has 0 radical (unpaired) electrons. The normalized spacial score (nSPS) is 13.7. The topological polar surface area (TPSA) is 64.1 Å². The van der Waals surface area contributed by atoms with Crippen molar-refractivity contribution in [1.82, 2.24) is 9.97 Å². The molecule has 0 saturated heterocycles. The van der Waals surface area contributed by atoms with Gasteiger partial charge in [-0.15, -0.1) is 11.3 Å². The van der Waals surface area contributed by atoms with Crippen molar-refractivity contribution in [2.24, 2.45) is 0 Å². The minimum Gasteiger partial charge on any atom is -0.491 e. The zero-order valence-electron chi connectivity index (χ0n) is 15.8. The van der Waals surface area contributed by atoms with E-state index in [1.54, 1.807) is 0 Å². The monoisotopic (exact) mass is 381 g/mol. The fourth-order valence-corrected chi connectivity index (χ4v) is 4.32. The third kappa shape index (κ3) is 3.54. The first-order valence-corrected chi connectivity index (χ1v) is 10.2. The third-order valence-corrected chi connectivity index (χ3v) is 5.92. The lowest BCUT2D eigenvalue weighted by molar-refractivity contribution is 0.102. The van der Waals surface area contributed by atoms with Crippen molar-refractivity contribution in [3.63, 3.8) is 0 Å². The molecule has 2 aromatic heterocycles. The first-order valence-electron chi connectivity index (χ1n) is 9.39. The number of aryl methyl sites for hydroxylation is 2. The number of rotatable bonds is 6. The number of carbonyl (C=O) groups is 1. The number of anilines is 1. The van der Waals surface area contributed by atoms with E-state index in [4.69, 9.17) is 9.72 Å². The number of amides is 1. The highest BCUT2D eigenvalue weighted by Gasteiger charge is 2.28. The van der Waals surface area contributed by atoms with E-state index in [1.165, 1.54) is 11.3 Å². The lowest BCUT2D eigenvalue weighted by atomic mass is 10.1. The van der Waals surface area contributed by atoms with Crippen LogP contribution in [-0.4, -0.2) is 22.5 Å². The minimum absolute atomic E-state index is 0.129. The molecule has 0 spiro atoms. The van der Waals surface area contributed by atoms with Gasteiger partial charge in [-0.2, -0.15) is 0 Å². The molecule has 0 bridgehead atoms. The fraction of sp³-hybridized carbons (Fsp3) is 0.381. The maximum Gasteiger partial charge on any atom is 0.266 e. The fourth-order valence-electron chi connectivity index (χ4n) is 3.19. The van der Waals surface area contributed by atoms with Crippen molar-refractivity contribution in [2.75, 3.05) is 11.9 Å². The molecule has 1 saturated carbocycles. The standard InChI is InChI=1S/C21H23N3O2S/c1-4-11-26-16-8-6-5-7-15(16)23-20(25)18-12(2)17-13(3)22-19(14-9-10-14)24-21(17)27-18/h5-8,14H,4,9-11H2,1-3H3,(H,23,25).